The molecule has 0 bridgehead atoms. The molecule has 6 nitrogen and oxygen atoms in total. The average Bonchev–Trinajstić information content (AvgIpc) is 3.26. The maximum absolute atomic E-state index is 12.7. The number of unbranched alkanes of at least 4 members (excludes halogenated alkanes) is 13. The Morgan fingerprint density at radius 2 is 0.656 bits per heavy atom. The second-order valence-corrected chi connectivity index (χ2v) is 14.8. The van der Waals surface area contributed by atoms with Gasteiger partial charge in [-0.05, 0) is 77.0 Å². The van der Waals surface area contributed by atoms with Gasteiger partial charge in [0.2, 0.25) is 0 Å². The third kappa shape index (κ3) is 46.2. The summed E-state index contributed by atoms with van der Waals surface area (Å²) in [5.74, 6) is -1.03. The van der Waals surface area contributed by atoms with Crippen LogP contribution in [0, 0.1) is 0 Å². The molecule has 0 aromatic rings. The van der Waals surface area contributed by atoms with Gasteiger partial charge in [0.05, 0.1) is 0 Å². The lowest BCUT2D eigenvalue weighted by molar-refractivity contribution is -0.167. The fraction of sp³-hybridized carbons (Fsp3) is 0.509. The van der Waals surface area contributed by atoms with Crippen LogP contribution in [-0.2, 0) is 28.6 Å². The molecule has 1 atom stereocenters. The number of esters is 3. The molecule has 6 heteroatoms. The first-order valence-corrected chi connectivity index (χ1v) is 23.5. The minimum atomic E-state index is -0.826. The number of ether oxygens (including phenoxy) is 3. The summed E-state index contributed by atoms with van der Waals surface area (Å²) in [7, 11) is 0. The van der Waals surface area contributed by atoms with Crippen molar-refractivity contribution in [2.45, 2.75) is 168 Å². The van der Waals surface area contributed by atoms with Gasteiger partial charge in [0.25, 0.3) is 0 Å². The van der Waals surface area contributed by atoms with Crippen LogP contribution in [0.2, 0.25) is 0 Å². The summed E-state index contributed by atoms with van der Waals surface area (Å²) in [6, 6.07) is 0. The van der Waals surface area contributed by atoms with E-state index < -0.39 is 6.10 Å². The molecule has 0 amide bonds. The molecule has 0 N–H and O–H groups in total. The first kappa shape index (κ1) is 56.3. The molecule has 0 heterocycles. The van der Waals surface area contributed by atoms with Gasteiger partial charge in [-0.25, -0.2) is 0 Å². The minimum absolute atomic E-state index is 0.121. The fourth-order valence-corrected chi connectivity index (χ4v) is 5.59. The Balaban J connectivity index is 4.59. The predicted octanol–water partition coefficient (Wildman–Crippen LogP) is 15.3. The van der Waals surface area contributed by atoms with Gasteiger partial charge in [-0.15, -0.1) is 0 Å². The molecule has 0 aromatic carbocycles. The molecule has 1 unspecified atom stereocenters. The Hall–Kier alpha value is -4.71. The van der Waals surface area contributed by atoms with Crippen LogP contribution in [0.15, 0.2) is 146 Å². The minimum Gasteiger partial charge on any atom is -0.462 e. The largest absolute Gasteiger partial charge is 0.462 e. The van der Waals surface area contributed by atoms with Gasteiger partial charge in [0, 0.05) is 19.3 Å². The van der Waals surface area contributed by atoms with E-state index in [-0.39, 0.29) is 44.0 Å². The monoisotopic (exact) mass is 839 g/mol. The lowest BCUT2D eigenvalue weighted by Gasteiger charge is -2.18. The molecule has 0 spiro atoms. The Kier molecular flexibility index (Phi) is 44.3. The van der Waals surface area contributed by atoms with Crippen molar-refractivity contribution in [3.63, 3.8) is 0 Å². The van der Waals surface area contributed by atoms with Crippen LogP contribution in [0.1, 0.15) is 162 Å². The molecule has 0 fully saturated rings. The first-order valence-electron chi connectivity index (χ1n) is 23.5. The second-order valence-electron chi connectivity index (χ2n) is 14.8. The van der Waals surface area contributed by atoms with E-state index in [2.05, 4.69) is 57.2 Å². The highest BCUT2D eigenvalue weighted by Crippen LogP contribution is 2.11. The van der Waals surface area contributed by atoms with Crippen molar-refractivity contribution in [1.29, 1.82) is 0 Å². The highest BCUT2D eigenvalue weighted by atomic mass is 16.6. The van der Waals surface area contributed by atoms with Crippen molar-refractivity contribution in [2.75, 3.05) is 13.2 Å². The van der Waals surface area contributed by atoms with E-state index in [0.717, 1.165) is 83.5 Å². The zero-order valence-corrected chi connectivity index (χ0v) is 38.4. The molecule has 0 aliphatic heterocycles. The van der Waals surface area contributed by atoms with E-state index in [4.69, 9.17) is 14.2 Å². The lowest BCUT2D eigenvalue weighted by atomic mass is 10.1. The number of hydrogen-bond donors (Lipinski definition) is 0. The van der Waals surface area contributed by atoms with Crippen molar-refractivity contribution >= 4 is 17.9 Å². The third-order valence-electron chi connectivity index (χ3n) is 9.10. The van der Waals surface area contributed by atoms with E-state index >= 15 is 0 Å². The average molecular weight is 839 g/mol. The van der Waals surface area contributed by atoms with Crippen LogP contribution in [-0.4, -0.2) is 37.2 Å². The van der Waals surface area contributed by atoms with Gasteiger partial charge in [0.15, 0.2) is 6.10 Å². The molecular formula is C55H82O6. The van der Waals surface area contributed by atoms with Gasteiger partial charge in [-0.1, -0.05) is 212 Å². The molecule has 0 rings (SSSR count). The van der Waals surface area contributed by atoms with Gasteiger partial charge in [-0.2, -0.15) is 0 Å². The molecule has 338 valence electrons. The van der Waals surface area contributed by atoms with E-state index in [1.54, 1.807) is 0 Å². The fourth-order valence-electron chi connectivity index (χ4n) is 5.59. The quantitative estimate of drug-likeness (QED) is 0.0202. The van der Waals surface area contributed by atoms with Crippen LogP contribution in [0.4, 0.5) is 0 Å². The Labute approximate surface area is 372 Å². The maximum atomic E-state index is 12.7. The smallest absolute Gasteiger partial charge is 0.306 e. The predicted molar refractivity (Wildman–Crippen MR) is 260 cm³/mol. The van der Waals surface area contributed by atoms with Crippen molar-refractivity contribution in [3.8, 4) is 0 Å². The van der Waals surface area contributed by atoms with Crippen LogP contribution < -0.4 is 0 Å². The number of rotatable bonds is 39. The van der Waals surface area contributed by atoms with Gasteiger partial charge >= 0.3 is 17.9 Å². The first-order chi connectivity index (χ1) is 30.0. The normalized spacial score (nSPS) is 13.4. The van der Waals surface area contributed by atoms with Crippen molar-refractivity contribution in [2.24, 2.45) is 0 Å². The number of allylic oxidation sites excluding steroid dienone is 24. The second kappa shape index (κ2) is 48.0. The molecule has 0 saturated carbocycles. The standard InChI is InChI=1S/C55H82O6/c1-4-7-10-13-16-19-22-24-25-26-27-28-29-31-33-36-39-42-45-48-54(57)60-51-52(50-59-53(56)47-44-41-38-35-32-21-18-15-12-9-6-3)61-55(58)49-46-43-40-37-34-30-23-20-17-14-11-8-5-2/h7-8,10-11,13-20,22-31,33-34,52H,4-6,9,12,21,32,35-51H2,1-3H3/b10-7-,11-8-,16-13-,17-14-,18-15-,22-19-,23-20-,25-24-,27-26+,29-28-,33-31-,34-30-. The van der Waals surface area contributed by atoms with E-state index in [1.807, 2.05) is 109 Å². The van der Waals surface area contributed by atoms with Gasteiger partial charge < -0.3 is 14.2 Å². The van der Waals surface area contributed by atoms with Gasteiger partial charge in [-0.3, -0.25) is 14.4 Å². The molecule has 61 heavy (non-hydrogen) atoms. The maximum Gasteiger partial charge on any atom is 0.306 e. The van der Waals surface area contributed by atoms with Crippen LogP contribution in [0.3, 0.4) is 0 Å². The molecule has 0 saturated heterocycles. The highest BCUT2D eigenvalue weighted by Gasteiger charge is 2.19. The highest BCUT2D eigenvalue weighted by molar-refractivity contribution is 5.71. The molecule has 0 aromatic heterocycles. The lowest BCUT2D eigenvalue weighted by Crippen LogP contribution is -2.30. The number of carbonyl (C=O) groups is 3. The molecule has 0 radical (unpaired) electrons. The molecular weight excluding hydrogens is 757 g/mol. The van der Waals surface area contributed by atoms with E-state index in [0.29, 0.717) is 19.3 Å². The van der Waals surface area contributed by atoms with Gasteiger partial charge in [0.1, 0.15) is 13.2 Å². The van der Waals surface area contributed by atoms with Crippen molar-refractivity contribution in [1.82, 2.24) is 0 Å². The summed E-state index contributed by atoms with van der Waals surface area (Å²) in [4.78, 5) is 37.8. The Morgan fingerprint density at radius 3 is 1.07 bits per heavy atom. The van der Waals surface area contributed by atoms with Crippen LogP contribution in [0.25, 0.3) is 0 Å². The van der Waals surface area contributed by atoms with E-state index in [1.165, 1.54) is 25.7 Å². The third-order valence-corrected chi connectivity index (χ3v) is 9.10. The summed E-state index contributed by atoms with van der Waals surface area (Å²) >= 11 is 0. The summed E-state index contributed by atoms with van der Waals surface area (Å²) in [6.07, 6.45) is 68.2. The summed E-state index contributed by atoms with van der Waals surface area (Å²) < 4.78 is 16.6. The summed E-state index contributed by atoms with van der Waals surface area (Å²) in [6.45, 7) is 6.19. The zero-order chi connectivity index (χ0) is 44.4. The zero-order valence-electron chi connectivity index (χ0n) is 38.4. The van der Waals surface area contributed by atoms with Crippen LogP contribution in [0.5, 0.6) is 0 Å². The molecule has 0 aliphatic carbocycles. The Morgan fingerprint density at radius 1 is 0.344 bits per heavy atom. The van der Waals surface area contributed by atoms with E-state index in [9.17, 15) is 14.4 Å². The van der Waals surface area contributed by atoms with Crippen molar-refractivity contribution < 1.29 is 28.6 Å². The summed E-state index contributed by atoms with van der Waals surface area (Å²) in [5.41, 5.74) is 0. The van der Waals surface area contributed by atoms with Crippen molar-refractivity contribution in [3.05, 3.63) is 146 Å². The van der Waals surface area contributed by atoms with Crippen LogP contribution >= 0.6 is 0 Å². The Bertz CT molecular complexity index is 1430. The SMILES string of the molecule is CC\C=C/C=C\C=C/C=C\C=C\C=C/C=C\CCCCCC(=O)OCC(COC(=O)CCCCCCC/C=C\CCCC)OC(=O)CCCCC\C=C/C=C\C=C/C=C\CC. The topological polar surface area (TPSA) is 78.9 Å². The number of hydrogen-bond acceptors (Lipinski definition) is 6. The molecule has 0 aliphatic rings. The number of carbonyl (C=O) groups excluding carboxylic acids is 3. The summed E-state index contributed by atoms with van der Waals surface area (Å²) in [5, 5.41) is 0.